The molecule has 0 aliphatic heterocycles. The van der Waals surface area contributed by atoms with Crippen LogP contribution in [0.4, 0.5) is 0 Å². The molecule has 1 aromatic heterocycles. The van der Waals surface area contributed by atoms with Gasteiger partial charge in [0.2, 0.25) is 0 Å². The van der Waals surface area contributed by atoms with Crippen LogP contribution in [0.5, 0.6) is 0 Å². The number of carbonyl (C=O) groups is 1. The van der Waals surface area contributed by atoms with Gasteiger partial charge in [-0.3, -0.25) is 4.79 Å². The molecular weight excluding hydrogens is 234 g/mol. The molecule has 18 heavy (non-hydrogen) atoms. The second-order valence-electron chi connectivity index (χ2n) is 4.70. The van der Waals surface area contributed by atoms with Crippen LogP contribution in [0.25, 0.3) is 0 Å². The van der Waals surface area contributed by atoms with Crippen LogP contribution in [-0.4, -0.2) is 30.3 Å². The number of methoxy groups -OCH3 is 1. The Morgan fingerprint density at radius 3 is 2.83 bits per heavy atom. The minimum atomic E-state index is -0.414. The van der Waals surface area contributed by atoms with Gasteiger partial charge in [-0.2, -0.15) is 0 Å². The molecule has 102 valence electrons. The second-order valence-corrected chi connectivity index (χ2v) is 4.70. The second kappa shape index (κ2) is 5.97. The number of nitrogens with one attached hydrogen (secondary N) is 1. The third kappa shape index (κ3) is 3.54. The number of hydrogen-bond donors (Lipinski definition) is 2. The Kier molecular flexibility index (Phi) is 4.86. The molecule has 0 spiro atoms. The minimum absolute atomic E-state index is 0.274. The van der Waals surface area contributed by atoms with Gasteiger partial charge in [-0.1, -0.05) is 12.1 Å². The Labute approximate surface area is 107 Å². The Balaban J connectivity index is 2.67. The van der Waals surface area contributed by atoms with E-state index < -0.39 is 5.54 Å². The number of nitrogens with two attached hydrogens (primary N) is 1. The van der Waals surface area contributed by atoms with Crippen LogP contribution in [0.1, 0.15) is 42.1 Å². The van der Waals surface area contributed by atoms with Crippen molar-refractivity contribution in [1.82, 2.24) is 10.5 Å². The van der Waals surface area contributed by atoms with Crippen molar-refractivity contribution in [3.05, 3.63) is 17.0 Å². The van der Waals surface area contributed by atoms with E-state index in [1.807, 2.05) is 13.8 Å². The van der Waals surface area contributed by atoms with Crippen molar-refractivity contribution in [2.24, 2.45) is 5.73 Å². The molecule has 3 N–H and O–H groups in total. The summed E-state index contributed by atoms with van der Waals surface area (Å²) in [6.45, 7) is 6.34. The lowest BCUT2D eigenvalue weighted by molar-refractivity contribution is 0.0934. The molecule has 1 rings (SSSR count). The Morgan fingerprint density at radius 1 is 1.61 bits per heavy atom. The minimum Gasteiger partial charge on any atom is -0.377 e. The maximum absolute atomic E-state index is 11.9. The summed E-state index contributed by atoms with van der Waals surface area (Å²) in [5, 5.41) is 6.51. The lowest BCUT2D eigenvalue weighted by atomic mass is 10.0. The van der Waals surface area contributed by atoms with Crippen molar-refractivity contribution in [2.45, 2.75) is 39.3 Å². The zero-order chi connectivity index (χ0) is 13.8. The smallest absolute Gasteiger partial charge is 0.273 e. The maximum Gasteiger partial charge on any atom is 0.273 e. The van der Waals surface area contributed by atoms with Crippen molar-refractivity contribution >= 4 is 5.91 Å². The van der Waals surface area contributed by atoms with Crippen LogP contribution in [0.2, 0.25) is 0 Å². The summed E-state index contributed by atoms with van der Waals surface area (Å²) in [5.74, 6) is 0.289. The average Bonchev–Trinajstić information content (AvgIpc) is 2.69. The number of aromatic nitrogens is 1. The molecule has 0 fully saturated rings. The van der Waals surface area contributed by atoms with Crippen molar-refractivity contribution in [2.75, 3.05) is 13.7 Å². The molecule has 1 aromatic rings. The lowest BCUT2D eigenvalue weighted by Gasteiger charge is -2.22. The fourth-order valence-corrected chi connectivity index (χ4v) is 1.34. The van der Waals surface area contributed by atoms with Gasteiger partial charge in [-0.15, -0.1) is 0 Å². The van der Waals surface area contributed by atoms with Crippen molar-refractivity contribution in [3.8, 4) is 0 Å². The molecule has 0 saturated heterocycles. The van der Waals surface area contributed by atoms with Crippen LogP contribution >= 0.6 is 0 Å². The third-order valence-corrected chi connectivity index (χ3v) is 2.97. The summed E-state index contributed by atoms with van der Waals surface area (Å²) in [5.41, 5.74) is 6.53. The molecule has 0 aliphatic rings. The maximum atomic E-state index is 11.9. The van der Waals surface area contributed by atoms with Crippen molar-refractivity contribution < 1.29 is 14.1 Å². The summed E-state index contributed by atoms with van der Waals surface area (Å²) in [7, 11) is 1.56. The van der Waals surface area contributed by atoms with Gasteiger partial charge >= 0.3 is 0 Å². The molecular formula is C12H21N3O3. The van der Waals surface area contributed by atoms with E-state index in [0.717, 1.165) is 6.42 Å². The summed E-state index contributed by atoms with van der Waals surface area (Å²) in [4.78, 5) is 11.9. The number of hydrogen-bond acceptors (Lipinski definition) is 5. The molecule has 0 aliphatic carbocycles. The predicted molar refractivity (Wildman–Crippen MR) is 67.2 cm³/mol. The first-order valence-corrected chi connectivity index (χ1v) is 5.92. The highest BCUT2D eigenvalue weighted by Gasteiger charge is 2.21. The number of nitrogens with zero attached hydrogens (tertiary/aromatic N) is 1. The highest BCUT2D eigenvalue weighted by atomic mass is 16.5. The highest BCUT2D eigenvalue weighted by molar-refractivity contribution is 5.93. The van der Waals surface area contributed by atoms with Crippen LogP contribution in [0, 0.1) is 6.92 Å². The fraction of sp³-hybridized carbons (Fsp3) is 0.667. The fourth-order valence-electron chi connectivity index (χ4n) is 1.34. The van der Waals surface area contributed by atoms with Gasteiger partial charge in [0.15, 0.2) is 11.5 Å². The first-order chi connectivity index (χ1) is 8.41. The summed E-state index contributed by atoms with van der Waals surface area (Å²) in [6.07, 6.45) is 0.778. The van der Waals surface area contributed by atoms with E-state index in [1.54, 1.807) is 14.0 Å². The largest absolute Gasteiger partial charge is 0.377 e. The number of carbonyl (C=O) groups excluding carboxylic acids is 1. The molecule has 1 amide bonds. The third-order valence-electron chi connectivity index (χ3n) is 2.97. The van der Waals surface area contributed by atoms with Crippen LogP contribution < -0.4 is 11.1 Å². The van der Waals surface area contributed by atoms with E-state index >= 15 is 0 Å². The molecule has 6 heteroatoms. The molecule has 0 saturated carbocycles. The van der Waals surface area contributed by atoms with Gasteiger partial charge in [0.1, 0.15) is 6.61 Å². The molecule has 1 atom stereocenters. The molecule has 0 radical (unpaired) electrons. The molecule has 1 unspecified atom stereocenters. The Hall–Kier alpha value is -1.40. The Bertz CT molecular complexity index is 413. The first-order valence-electron chi connectivity index (χ1n) is 5.92. The van der Waals surface area contributed by atoms with Crippen molar-refractivity contribution in [3.63, 3.8) is 0 Å². The van der Waals surface area contributed by atoms with Crippen molar-refractivity contribution in [1.29, 1.82) is 0 Å². The zero-order valence-electron chi connectivity index (χ0n) is 11.4. The van der Waals surface area contributed by atoms with Crippen LogP contribution in [0.15, 0.2) is 4.52 Å². The van der Waals surface area contributed by atoms with Gasteiger partial charge in [0.05, 0.1) is 0 Å². The van der Waals surface area contributed by atoms with Gasteiger partial charge in [0, 0.05) is 24.8 Å². The molecule has 1 heterocycles. The topological polar surface area (TPSA) is 90.4 Å². The highest BCUT2D eigenvalue weighted by Crippen LogP contribution is 2.14. The summed E-state index contributed by atoms with van der Waals surface area (Å²) >= 11 is 0. The van der Waals surface area contributed by atoms with Gasteiger partial charge in [-0.05, 0) is 20.3 Å². The average molecular weight is 255 g/mol. The van der Waals surface area contributed by atoms with E-state index in [9.17, 15) is 4.79 Å². The van der Waals surface area contributed by atoms with Crippen LogP contribution in [0.3, 0.4) is 0 Å². The summed E-state index contributed by atoms with van der Waals surface area (Å²) in [6, 6.07) is 0. The first kappa shape index (κ1) is 14.7. The molecule has 6 nitrogen and oxygen atoms in total. The van der Waals surface area contributed by atoms with Gasteiger partial charge < -0.3 is 20.3 Å². The normalized spacial score (nSPS) is 14.3. The predicted octanol–water partition coefficient (Wildman–Crippen LogP) is 0.987. The number of amides is 1. The zero-order valence-corrected chi connectivity index (χ0v) is 11.4. The Morgan fingerprint density at radius 2 is 2.28 bits per heavy atom. The number of ether oxygens (including phenoxy) is 1. The van der Waals surface area contributed by atoms with Crippen LogP contribution in [-0.2, 0) is 11.3 Å². The monoisotopic (exact) mass is 255 g/mol. The van der Waals surface area contributed by atoms with E-state index in [-0.39, 0.29) is 11.6 Å². The standard InChI is InChI=1S/C12H21N3O3/c1-5-12(3,13)7-14-11(16)10-8(2)9(6-17-4)18-15-10/h5-7,13H2,1-4H3,(H,14,16). The van der Waals surface area contributed by atoms with E-state index in [1.165, 1.54) is 0 Å². The SMILES string of the molecule is CCC(C)(N)CNC(=O)c1noc(COC)c1C. The lowest BCUT2D eigenvalue weighted by Crippen LogP contribution is -2.47. The van der Waals surface area contributed by atoms with Gasteiger partial charge in [-0.25, -0.2) is 0 Å². The van der Waals surface area contributed by atoms with E-state index in [4.69, 9.17) is 15.0 Å². The van der Waals surface area contributed by atoms with E-state index in [0.29, 0.717) is 24.5 Å². The molecule has 0 bridgehead atoms. The molecule has 0 aromatic carbocycles. The quantitative estimate of drug-likeness (QED) is 0.791. The summed E-state index contributed by atoms with van der Waals surface area (Å²) < 4.78 is 10.00. The van der Waals surface area contributed by atoms with E-state index in [2.05, 4.69) is 10.5 Å². The number of rotatable bonds is 6. The van der Waals surface area contributed by atoms with Gasteiger partial charge in [0.25, 0.3) is 5.91 Å².